The summed E-state index contributed by atoms with van der Waals surface area (Å²) in [4.78, 5) is 37.1. The Balaban J connectivity index is 0.000000161. The number of nitrogens with one attached hydrogen (secondary N) is 7. The Morgan fingerprint density at radius 1 is 0.354 bits per heavy atom. The first-order chi connectivity index (χ1) is 47.6. The van der Waals surface area contributed by atoms with E-state index in [9.17, 15) is 35.4 Å². The molecule has 3 aromatic heterocycles. The number of hydrogen-bond acceptors (Lipinski definition) is 26. The third kappa shape index (κ3) is 17.3. The van der Waals surface area contributed by atoms with Crippen LogP contribution in [0.25, 0.3) is 33.1 Å². The van der Waals surface area contributed by atoms with Gasteiger partial charge in [0.05, 0.1) is 101 Å². The van der Waals surface area contributed by atoms with Crippen molar-refractivity contribution in [2.75, 3.05) is 84.0 Å². The molecule has 0 radical (unpaired) electrons. The van der Waals surface area contributed by atoms with Crippen LogP contribution >= 0.6 is 0 Å². The number of non-ortho nitro benzene ring substituents is 1. The molecule has 0 fully saturated rings. The molecule has 99 heavy (non-hydrogen) atoms. The quantitative estimate of drug-likeness (QED) is 0.0163. The molecule has 9 aromatic carbocycles. The highest BCUT2D eigenvalue weighted by Crippen LogP contribution is 2.36. The molecule has 0 saturated carbocycles. The molecule has 0 atom stereocenters. The van der Waals surface area contributed by atoms with E-state index < -0.39 is 35.0 Å². The predicted octanol–water partition coefficient (Wildman–Crippen LogP) is 11.9. The average Bonchev–Trinajstić information content (AvgIpc) is 0.844. The molecule has 508 valence electrons. The van der Waals surface area contributed by atoms with Gasteiger partial charge in [0.1, 0.15) is 34.5 Å². The molecule has 0 amide bonds. The van der Waals surface area contributed by atoms with Crippen LogP contribution in [0, 0.1) is 10.1 Å². The van der Waals surface area contributed by atoms with Crippen LogP contribution in [-0.2, 0) is 30.1 Å². The topological polar surface area (TPSA) is 409 Å². The first-order valence-electron chi connectivity index (χ1n) is 29.1. The molecule has 0 aliphatic heterocycles. The van der Waals surface area contributed by atoms with Crippen molar-refractivity contribution in [3.05, 3.63) is 210 Å². The molecule has 0 saturated heterocycles. The van der Waals surface area contributed by atoms with E-state index >= 15 is 0 Å². The summed E-state index contributed by atoms with van der Waals surface area (Å²) in [7, 11) is -3.08. The van der Waals surface area contributed by atoms with E-state index in [0.29, 0.717) is 90.3 Å². The SMILES string of the molecule is COc1cc(Nc2nc3ccccc3nc2NS(=O)(=O)c2cccc(N)c2)cc(OC)c1.COc1cc(Nc2nc3ccccc3nc2NS(=O)(=O)c2cccc(NO)c2)cc(OC)c1.COc1cc(Nc2nc3ccccc3nc2NS(=O)(=O)c2cccc([N+](=O)[O-])c2)cc(OC)c1. The Labute approximate surface area is 566 Å². The maximum absolute atomic E-state index is 13.1. The summed E-state index contributed by atoms with van der Waals surface area (Å²) < 4.78 is 117. The fraction of sp³-hybridized carbons (Fsp3) is 0.0909. The first-order valence-corrected chi connectivity index (χ1v) is 33.5. The summed E-state index contributed by atoms with van der Waals surface area (Å²) in [5, 5.41) is 29.5. The molecule has 12 aromatic rings. The Morgan fingerprint density at radius 2 is 0.636 bits per heavy atom. The number of nitrogens with zero attached hydrogens (tertiary/aromatic N) is 7. The number of para-hydroxylation sites is 6. The summed E-state index contributed by atoms with van der Waals surface area (Å²) in [5.74, 6) is 3.67. The number of nitrogens with two attached hydrogens (primary N) is 1. The van der Waals surface area contributed by atoms with Crippen molar-refractivity contribution in [1.29, 1.82) is 0 Å². The van der Waals surface area contributed by atoms with Gasteiger partial charge in [-0.25, -0.2) is 55.2 Å². The normalized spacial score (nSPS) is 11.1. The average molecular weight is 1400 g/mol. The minimum atomic E-state index is -4.22. The summed E-state index contributed by atoms with van der Waals surface area (Å²) >= 11 is 0. The Hall–Kier alpha value is -12.6. The molecule has 0 bridgehead atoms. The van der Waals surface area contributed by atoms with Gasteiger partial charge >= 0.3 is 0 Å². The zero-order chi connectivity index (χ0) is 70.4. The molecule has 10 N–H and O–H groups in total. The predicted molar refractivity (Wildman–Crippen MR) is 375 cm³/mol. The molecular formula is C66H61N15O15S3. The maximum atomic E-state index is 13.1. The standard InChI is InChI=1S/C22H19N5O6S.C22H21N5O5S.C22H21N5O4S/c1-32-16-10-14(11-17(13-16)33-2)23-21-22(25-20-9-4-3-8-19(20)24-21)26-34(30,31)18-7-5-6-15(12-18)27(28)29;1-31-16-10-15(11-17(13-16)32-2)23-21-22(25-20-9-4-3-8-19(20)24-21)27-33(29,30)18-7-5-6-14(12-18)26-28;1-30-16-11-15(12-17(13-16)31-2)24-21-22(26-20-9-4-3-8-19(20)25-21)27-32(28,29)18-7-5-6-14(23)10-18/h3-13H,1-2H3,(H,23,24)(H,25,26);3-13,26,28H,1-2H3,(H,23,24)(H,25,27);3-13H,23H2,1-2H3,(H,24,25)(H,26,27). The Morgan fingerprint density at radius 3 is 0.929 bits per heavy atom. The van der Waals surface area contributed by atoms with E-state index in [4.69, 9.17) is 39.4 Å². The van der Waals surface area contributed by atoms with E-state index in [0.717, 1.165) is 6.07 Å². The van der Waals surface area contributed by atoms with Gasteiger partial charge in [-0.1, -0.05) is 54.6 Å². The first kappa shape index (κ1) is 69.2. The van der Waals surface area contributed by atoms with Gasteiger partial charge in [-0.05, 0) is 78.9 Å². The van der Waals surface area contributed by atoms with Gasteiger partial charge in [-0.2, -0.15) is 0 Å². The summed E-state index contributed by atoms with van der Waals surface area (Å²) in [6.07, 6.45) is 0. The second-order valence-corrected chi connectivity index (χ2v) is 25.7. The minimum absolute atomic E-state index is 0.00199. The molecule has 0 aliphatic rings. The van der Waals surface area contributed by atoms with E-state index in [2.05, 4.69) is 60.0 Å². The van der Waals surface area contributed by atoms with E-state index in [-0.39, 0.29) is 61.0 Å². The number of anilines is 11. The van der Waals surface area contributed by atoms with Gasteiger partial charge in [0.25, 0.3) is 35.8 Å². The molecule has 3 heterocycles. The Kier molecular flexibility index (Phi) is 21.3. The van der Waals surface area contributed by atoms with Crippen LogP contribution in [0.1, 0.15) is 0 Å². The zero-order valence-corrected chi connectivity index (χ0v) is 55.6. The Bertz CT molecular complexity index is 5270. The lowest BCUT2D eigenvalue weighted by molar-refractivity contribution is -0.385. The van der Waals surface area contributed by atoms with Crippen molar-refractivity contribution >= 4 is 132 Å². The minimum Gasteiger partial charge on any atom is -0.497 e. The summed E-state index contributed by atoms with van der Waals surface area (Å²) in [6, 6.07) is 53.0. The number of methoxy groups -OCH3 is 6. The smallest absolute Gasteiger partial charge is 0.270 e. The maximum Gasteiger partial charge on any atom is 0.270 e. The molecule has 0 aliphatic carbocycles. The van der Waals surface area contributed by atoms with E-state index in [1.807, 2.05) is 17.6 Å². The third-order valence-corrected chi connectivity index (χ3v) is 18.0. The van der Waals surface area contributed by atoms with Crippen molar-refractivity contribution < 1.29 is 63.8 Å². The molecule has 30 nitrogen and oxygen atoms in total. The van der Waals surface area contributed by atoms with Gasteiger partial charge in [-0.3, -0.25) is 35.0 Å². The number of aromatic nitrogens is 6. The van der Waals surface area contributed by atoms with Gasteiger partial charge in [-0.15, -0.1) is 0 Å². The monoisotopic (exact) mass is 1400 g/mol. The van der Waals surface area contributed by atoms with Crippen molar-refractivity contribution in [2.24, 2.45) is 0 Å². The van der Waals surface area contributed by atoms with Crippen LogP contribution in [0.5, 0.6) is 34.5 Å². The fourth-order valence-corrected chi connectivity index (χ4v) is 12.4. The second-order valence-electron chi connectivity index (χ2n) is 20.7. The van der Waals surface area contributed by atoms with E-state index in [1.54, 1.807) is 142 Å². The molecule has 33 heteroatoms. The number of hydrogen-bond donors (Lipinski definition) is 9. The van der Waals surface area contributed by atoms with Gasteiger partial charge in [0.2, 0.25) is 0 Å². The van der Waals surface area contributed by atoms with Crippen LogP contribution in [0.2, 0.25) is 0 Å². The van der Waals surface area contributed by atoms with Gasteiger partial charge in [0.15, 0.2) is 34.9 Å². The molecule has 0 spiro atoms. The summed E-state index contributed by atoms with van der Waals surface area (Å²) in [5.41, 5.74) is 12.7. The third-order valence-electron chi connectivity index (χ3n) is 14.0. The lowest BCUT2D eigenvalue weighted by Crippen LogP contribution is -2.16. The second kappa shape index (κ2) is 30.4. The van der Waals surface area contributed by atoms with Crippen LogP contribution in [-0.4, -0.2) is 108 Å². The largest absolute Gasteiger partial charge is 0.497 e. The van der Waals surface area contributed by atoms with Gasteiger partial charge in [0, 0.05) is 89.5 Å². The molecule has 0 unspecified atom stereocenters. The lowest BCUT2D eigenvalue weighted by Gasteiger charge is -2.15. The van der Waals surface area contributed by atoms with Crippen molar-refractivity contribution in [3.63, 3.8) is 0 Å². The molecule has 12 rings (SSSR count). The van der Waals surface area contributed by atoms with E-state index in [1.165, 1.54) is 83.0 Å². The van der Waals surface area contributed by atoms with Crippen LogP contribution < -0.4 is 69.8 Å². The highest BCUT2D eigenvalue weighted by atomic mass is 32.2. The number of fused-ring (bicyclic) bond motifs is 3. The number of nitro benzene ring substituents is 1. The number of benzene rings is 9. The van der Waals surface area contributed by atoms with Gasteiger partial charge < -0.3 is 50.1 Å². The number of nitrogen functional groups attached to an aromatic ring is 1. The zero-order valence-electron chi connectivity index (χ0n) is 53.1. The van der Waals surface area contributed by atoms with Crippen molar-refractivity contribution in [2.45, 2.75) is 14.7 Å². The molecular weight excluding hydrogens is 1340 g/mol. The van der Waals surface area contributed by atoms with Crippen LogP contribution in [0.15, 0.2) is 215 Å². The van der Waals surface area contributed by atoms with Crippen molar-refractivity contribution in [3.8, 4) is 34.5 Å². The fourth-order valence-electron chi connectivity index (χ4n) is 9.26. The van der Waals surface area contributed by atoms with Crippen molar-refractivity contribution in [1.82, 2.24) is 29.9 Å². The lowest BCUT2D eigenvalue weighted by atomic mass is 10.2. The van der Waals surface area contributed by atoms with Crippen LogP contribution in [0.4, 0.5) is 69.0 Å². The highest BCUT2D eigenvalue weighted by Gasteiger charge is 2.25. The number of ether oxygens (including phenoxy) is 6. The summed E-state index contributed by atoms with van der Waals surface area (Å²) in [6.45, 7) is 0. The number of nitro groups is 1. The number of rotatable bonds is 23. The van der Waals surface area contributed by atoms with Crippen LogP contribution in [0.3, 0.4) is 0 Å². The highest BCUT2D eigenvalue weighted by molar-refractivity contribution is 7.93. The number of sulfonamides is 3.